The Bertz CT molecular complexity index is 4380. The molecule has 6 rings (SSSR count). The second-order valence-corrected chi connectivity index (χ2v) is 25.3. The van der Waals surface area contributed by atoms with E-state index in [0.29, 0.717) is 36.4 Å². The van der Waals surface area contributed by atoms with Crippen LogP contribution in [0.15, 0.2) is 122 Å². The molecule has 0 saturated heterocycles. The van der Waals surface area contributed by atoms with Gasteiger partial charge >= 0.3 is 0 Å². The molecule has 6 aromatic rings. The molecule has 16 N–H and O–H groups in total. The van der Waals surface area contributed by atoms with Crippen molar-refractivity contribution in [2.75, 3.05) is 49.2 Å². The fraction of sp³-hybridized carbons (Fsp3) is 0.190. The first-order valence-corrected chi connectivity index (χ1v) is 31.5. The Hall–Kier alpha value is -2.24. The van der Waals surface area contributed by atoms with E-state index in [2.05, 4.69) is 49.9 Å². The number of nitrogens with one attached hydrogen (secondary N) is 6. The maximum atomic E-state index is 12.9. The molecule has 0 amide bonds. The molecule has 0 aliphatic heterocycles. The minimum Gasteiger partial charge on any atom is -0.497 e. The van der Waals surface area contributed by atoms with Gasteiger partial charge in [-0.25, -0.2) is 20.0 Å². The number of H-pyrrole nitrogens is 4. The van der Waals surface area contributed by atoms with E-state index in [-0.39, 0.29) is 251 Å². The summed E-state index contributed by atoms with van der Waals surface area (Å²) in [5.41, 5.74) is -5.17. The van der Waals surface area contributed by atoms with E-state index in [4.69, 9.17) is 10.8 Å². The van der Waals surface area contributed by atoms with Crippen molar-refractivity contribution in [3.05, 3.63) is 106 Å². The smallest absolute Gasteiger partial charge is 0.296 e. The van der Waals surface area contributed by atoms with Crippen molar-refractivity contribution in [2.24, 2.45) is 20.0 Å². The van der Waals surface area contributed by atoms with Gasteiger partial charge in [0.05, 0.1) is 45.8 Å². The van der Waals surface area contributed by atoms with Crippen LogP contribution >= 0.6 is 0 Å². The van der Waals surface area contributed by atoms with Gasteiger partial charge < -0.3 is 30.2 Å². The second-order valence-electron chi connectivity index (χ2n) is 16.9. The average molecular weight is 1430 g/mol. The predicted molar refractivity (Wildman–Crippen MR) is 323 cm³/mol. The van der Waals surface area contributed by atoms with Crippen LogP contribution < -0.4 is 32.3 Å². The molecule has 0 fully saturated rings. The molecule has 0 bridgehead atoms. The van der Waals surface area contributed by atoms with Crippen LogP contribution in [0.5, 0.6) is 0 Å². The minimum absolute atomic E-state index is 0. The fourth-order valence-corrected chi connectivity index (χ4v) is 10.8. The Labute approximate surface area is 644 Å². The van der Waals surface area contributed by atoms with Crippen molar-refractivity contribution in [1.29, 1.82) is 10.8 Å². The zero-order valence-electron chi connectivity index (χ0n) is 48.1. The molecule has 458 valence electrons. The minimum atomic E-state index is -5.24. The summed E-state index contributed by atoms with van der Waals surface area (Å²) >= 11 is 0. The van der Waals surface area contributed by atoms with Gasteiger partial charge in [-0.3, -0.25) is 58.1 Å². The summed E-state index contributed by atoms with van der Waals surface area (Å²) in [6, 6.07) is 9.57. The number of aliphatic hydroxyl groups excluding tert-OH is 4. The van der Waals surface area contributed by atoms with Gasteiger partial charge in [-0.2, -0.15) is 60.5 Å². The Morgan fingerprint density at radius 1 is 0.433 bits per heavy atom. The summed E-state index contributed by atoms with van der Waals surface area (Å²) < 4.78 is 208. The molecule has 0 spiro atoms. The normalized spacial score (nSPS) is 12.8. The molecule has 36 nitrogen and oxygen atoms in total. The summed E-state index contributed by atoms with van der Waals surface area (Å²) in [5, 5.41) is 53.7. The van der Waals surface area contributed by atoms with Gasteiger partial charge in [0.2, 0.25) is 34.4 Å². The maximum Gasteiger partial charge on any atom is 0.296 e. The molecule has 4 aromatic carbocycles. The van der Waals surface area contributed by atoms with E-state index in [1.165, 1.54) is 9.80 Å². The maximum absolute atomic E-state index is 12.9. The summed E-state index contributed by atoms with van der Waals surface area (Å²) in [4.78, 5) is 32.2. The van der Waals surface area contributed by atoms with Crippen molar-refractivity contribution >= 4 is 297 Å². The Morgan fingerprint density at radius 2 is 0.756 bits per heavy atom. The average Bonchev–Trinajstić information content (AvgIpc) is 0.930. The van der Waals surface area contributed by atoms with Crippen molar-refractivity contribution in [3.8, 4) is 0 Å². The third-order valence-corrected chi connectivity index (χ3v) is 16.2. The molecule has 0 aliphatic carbocycles. The van der Waals surface area contributed by atoms with Crippen LogP contribution in [-0.4, -0.2) is 357 Å². The zero-order valence-corrected chi connectivity index (χ0v) is 65.0. The van der Waals surface area contributed by atoms with Gasteiger partial charge in [-0.05, 0) is 71.8 Å². The van der Waals surface area contributed by atoms with Crippen molar-refractivity contribution in [2.45, 2.75) is 42.2 Å². The zero-order chi connectivity index (χ0) is 62.3. The molecule has 6 radical (unpaired) electrons. The number of aromatic nitrogens is 6. The monoisotopic (exact) mass is 1430 g/mol. The van der Waals surface area contributed by atoms with E-state index in [9.17, 15) is 98.2 Å². The van der Waals surface area contributed by atoms with Crippen molar-refractivity contribution in [1.82, 2.24) is 29.9 Å². The van der Waals surface area contributed by atoms with Crippen LogP contribution in [0.3, 0.4) is 0 Å². The summed E-state index contributed by atoms with van der Waals surface area (Å²) in [7, 11) is -30.8. The van der Waals surface area contributed by atoms with Gasteiger partial charge in [-0.15, -0.1) is 0 Å². The number of rotatable bonds is 24. The third kappa shape index (κ3) is 25.7. The quantitative estimate of drug-likeness (QED) is 0.00982. The first-order chi connectivity index (χ1) is 38.9. The van der Waals surface area contributed by atoms with E-state index in [1.54, 1.807) is 0 Å². The molecule has 2 aromatic heterocycles. The standard InChI is InChI=1S/C42H46N14O22S6.6Na/c43-35(59)11-13-55(15-17-57)41-51-37(49-39(53-41)47-29-21-27(79(61,62)63)7-9-31(29)81(67,68)69)45-25-5-3-23(33(19-25)83(73,74)75)1-2-24-4-6-26(20-34(24)84(76,77)78)46-38-50-40(54-42(52-38)56(16-18-58)14-12-36(44)60)48-30-22-28(80(64,65)66)8-10-32(30)82(70,71)72;;;;;;/h1-10,19-22,57-58H,11-18H2,(H2,43,59)(H2,44,60)(H,61,62,63)(H,64,65,66)(H,67,68,69)(H,70,71,72)(H,73,74,75)(H,76,77,78)(H2,45,47,49,51,53)(H2,46,48,50,52,54);;;;;;. The largest absolute Gasteiger partial charge is 0.497 e. The van der Waals surface area contributed by atoms with Gasteiger partial charge in [0, 0.05) is 216 Å². The van der Waals surface area contributed by atoms with Crippen LogP contribution in [-0.2, 0) is 60.7 Å². The van der Waals surface area contributed by atoms with Crippen molar-refractivity contribution < 1.29 is 98.2 Å². The molecule has 0 unspecified atom stereocenters. The van der Waals surface area contributed by atoms with Crippen molar-refractivity contribution in [3.63, 3.8) is 0 Å². The third-order valence-electron chi connectivity index (χ3n) is 10.9. The van der Waals surface area contributed by atoms with Gasteiger partial charge in [0.15, 0.2) is 11.8 Å². The van der Waals surface area contributed by atoms with Crippen LogP contribution in [0.4, 0.5) is 34.6 Å². The number of nitrogens with zero attached hydrogens (tertiary/aromatic N) is 8. The Balaban J connectivity index is 0.0000132. The predicted octanol–water partition coefficient (Wildman–Crippen LogP) is -2.47. The number of aliphatic hydroxyl groups is 4. The molecular formula is C42H46N14Na6O22S6. The number of benzene rings is 4. The van der Waals surface area contributed by atoms with Gasteiger partial charge in [0.25, 0.3) is 60.7 Å². The summed E-state index contributed by atoms with van der Waals surface area (Å²) in [5.74, 6) is -2.21. The topological polar surface area (TPSA) is 600 Å². The molecule has 2 heterocycles. The van der Waals surface area contributed by atoms with E-state index in [1.807, 2.05) is 0 Å². The first-order valence-electron chi connectivity index (χ1n) is 22.9. The first kappa shape index (κ1) is 87.8. The van der Waals surface area contributed by atoms with Gasteiger partial charge in [-0.1, -0.05) is 24.3 Å². The van der Waals surface area contributed by atoms with E-state index < -0.39 is 149 Å². The number of hydrogen-bond acceptors (Lipinski definition) is 24. The molecule has 0 atom stereocenters. The molecular weight excluding hydrogens is 1380 g/mol. The van der Waals surface area contributed by atoms with Gasteiger partial charge in [0.1, 0.15) is 19.6 Å². The molecule has 0 aliphatic rings. The fourth-order valence-electron chi connectivity index (χ4n) is 7.18. The van der Waals surface area contributed by atoms with Crippen LogP contribution in [0.1, 0.15) is 24.0 Å². The number of anilines is 2. The molecule has 0 saturated carbocycles. The number of aromatic amines is 4. The second kappa shape index (κ2) is 36.8. The Kier molecular flexibility index (Phi) is 35.8. The van der Waals surface area contributed by atoms with Crippen LogP contribution in [0.25, 0.3) is 12.2 Å². The molecule has 90 heavy (non-hydrogen) atoms. The molecule has 48 heteroatoms. The van der Waals surface area contributed by atoms with Crippen LogP contribution in [0.2, 0.25) is 0 Å². The summed E-state index contributed by atoms with van der Waals surface area (Å²) in [6.07, 6.45) is 1.29. The van der Waals surface area contributed by atoms with Crippen LogP contribution in [0, 0.1) is 10.8 Å². The van der Waals surface area contributed by atoms with E-state index in [0.717, 1.165) is 48.6 Å². The number of hydrogen-bond donors (Lipinski definition) is 16. The Morgan fingerprint density at radius 3 is 1.03 bits per heavy atom. The SMILES string of the molecule is N=C(O)CCN(CCO)c1nc(=Nc2ccc(C=Cc3ccc(N=c4nc(N(CCO)CCC(=N)O)[nH]c(=Nc5cc(S(=O)(=O)O)ccc5S(=O)(=O)O)[nH]4)cc3S(=O)(=O)O)c(S(=O)(=O)O)c2)[nH]c(=Nc2cc(S(=O)(=O)O)ccc2S(=O)(=O)O)[nH]1.[Na].[Na].[Na].[Na].[Na].[Na]. The summed E-state index contributed by atoms with van der Waals surface area (Å²) in [6.45, 7) is -2.15. The van der Waals surface area contributed by atoms with E-state index >= 15 is 0 Å².